The first-order valence-corrected chi connectivity index (χ1v) is 5.74. The molecular weight excluding hydrogens is 169 g/mol. The number of rotatable bonds is 8. The van der Waals surface area contributed by atoms with Gasteiger partial charge in [0.1, 0.15) is 0 Å². The number of allylic oxidation sites excluding steroid dienone is 1. The molecule has 1 N–H and O–H groups in total. The molecule has 0 amide bonds. The maximum atomic E-state index is 5.51. The Labute approximate surface area is 90.8 Å². The van der Waals surface area contributed by atoms with Crippen molar-refractivity contribution in [3.63, 3.8) is 0 Å². The van der Waals surface area contributed by atoms with E-state index in [4.69, 9.17) is 7.85 Å². The monoisotopic (exact) mass is 193 g/mol. The van der Waals surface area contributed by atoms with Crippen molar-refractivity contribution in [1.29, 1.82) is 0 Å². The highest BCUT2D eigenvalue weighted by atomic mass is 14.9. The summed E-state index contributed by atoms with van der Waals surface area (Å²) in [4.78, 5) is 0. The molecule has 80 valence electrons. The van der Waals surface area contributed by atoms with Crippen LogP contribution in [0.25, 0.3) is 0 Å². The van der Waals surface area contributed by atoms with Crippen LogP contribution in [0.1, 0.15) is 46.5 Å². The summed E-state index contributed by atoms with van der Waals surface area (Å²) < 4.78 is 0. The topological polar surface area (TPSA) is 12.0 Å². The fourth-order valence-corrected chi connectivity index (χ4v) is 1.52. The van der Waals surface area contributed by atoms with Crippen molar-refractivity contribution in [1.82, 2.24) is 5.32 Å². The standard InChI is InChI=1S/C12H24BN/c1-5-6-12(8-7-10(2)3)14-11(4)9-13/h10,12,14H,4-9H2,1-3H3. The van der Waals surface area contributed by atoms with Crippen LogP contribution in [0.2, 0.25) is 6.32 Å². The minimum Gasteiger partial charge on any atom is -0.387 e. The van der Waals surface area contributed by atoms with E-state index in [9.17, 15) is 0 Å². The van der Waals surface area contributed by atoms with Crippen LogP contribution in [0, 0.1) is 5.92 Å². The van der Waals surface area contributed by atoms with Gasteiger partial charge >= 0.3 is 0 Å². The maximum absolute atomic E-state index is 5.51. The van der Waals surface area contributed by atoms with Crippen LogP contribution in [-0.2, 0) is 0 Å². The Balaban J connectivity index is 3.82. The Kier molecular flexibility index (Phi) is 7.73. The summed E-state index contributed by atoms with van der Waals surface area (Å²) >= 11 is 0. The number of hydrogen-bond acceptors (Lipinski definition) is 1. The lowest BCUT2D eigenvalue weighted by molar-refractivity contribution is 0.432. The number of nitrogens with one attached hydrogen (secondary N) is 1. The van der Waals surface area contributed by atoms with Gasteiger partial charge in [-0.15, -0.1) is 0 Å². The van der Waals surface area contributed by atoms with Crippen molar-refractivity contribution in [2.75, 3.05) is 0 Å². The molecule has 0 aromatic heterocycles. The minimum absolute atomic E-state index is 0.544. The molecule has 1 atom stereocenters. The normalized spacial score (nSPS) is 12.9. The SMILES string of the molecule is [B]CC(=C)NC(CCC)CCC(C)C. The van der Waals surface area contributed by atoms with Crippen LogP contribution in [0.3, 0.4) is 0 Å². The Hall–Kier alpha value is -0.395. The van der Waals surface area contributed by atoms with E-state index in [-0.39, 0.29) is 0 Å². The van der Waals surface area contributed by atoms with E-state index < -0.39 is 0 Å². The second-order valence-corrected chi connectivity index (χ2v) is 4.41. The third-order valence-electron chi connectivity index (χ3n) is 2.38. The largest absolute Gasteiger partial charge is 0.387 e. The lowest BCUT2D eigenvalue weighted by atomic mass is 9.98. The molecule has 1 unspecified atom stereocenters. The molecule has 0 aromatic carbocycles. The predicted molar refractivity (Wildman–Crippen MR) is 65.6 cm³/mol. The molecular formula is C12H24BN. The smallest absolute Gasteiger partial charge is 0.0736 e. The molecule has 0 aromatic rings. The minimum atomic E-state index is 0.544. The van der Waals surface area contributed by atoms with E-state index in [2.05, 4.69) is 32.7 Å². The summed E-state index contributed by atoms with van der Waals surface area (Å²) in [5.41, 5.74) is 0.965. The van der Waals surface area contributed by atoms with Crippen LogP contribution < -0.4 is 5.32 Å². The molecule has 0 saturated heterocycles. The Morgan fingerprint density at radius 1 is 1.29 bits per heavy atom. The van der Waals surface area contributed by atoms with Gasteiger partial charge in [0.15, 0.2) is 0 Å². The Bertz CT molecular complexity index is 154. The van der Waals surface area contributed by atoms with E-state index in [0.717, 1.165) is 11.6 Å². The van der Waals surface area contributed by atoms with E-state index in [1.165, 1.54) is 25.7 Å². The average molecular weight is 193 g/mol. The first-order chi connectivity index (χ1) is 6.60. The summed E-state index contributed by atoms with van der Waals surface area (Å²) in [5.74, 6) is 0.780. The molecule has 0 saturated carbocycles. The fourth-order valence-electron chi connectivity index (χ4n) is 1.52. The van der Waals surface area contributed by atoms with Crippen molar-refractivity contribution < 1.29 is 0 Å². The van der Waals surface area contributed by atoms with Crippen LogP contribution in [0.4, 0.5) is 0 Å². The Morgan fingerprint density at radius 2 is 1.93 bits per heavy atom. The zero-order valence-corrected chi connectivity index (χ0v) is 9.97. The molecule has 14 heavy (non-hydrogen) atoms. The van der Waals surface area contributed by atoms with E-state index in [0.29, 0.717) is 12.4 Å². The zero-order chi connectivity index (χ0) is 11.0. The van der Waals surface area contributed by atoms with Gasteiger partial charge < -0.3 is 5.32 Å². The summed E-state index contributed by atoms with van der Waals surface area (Å²) in [6.45, 7) is 10.6. The second kappa shape index (κ2) is 7.96. The van der Waals surface area contributed by atoms with E-state index in [1.807, 2.05) is 0 Å². The van der Waals surface area contributed by atoms with Crippen LogP contribution in [-0.4, -0.2) is 13.9 Å². The van der Waals surface area contributed by atoms with E-state index >= 15 is 0 Å². The molecule has 0 aliphatic heterocycles. The average Bonchev–Trinajstić information content (AvgIpc) is 2.14. The molecule has 0 fully saturated rings. The van der Waals surface area contributed by atoms with Crippen LogP contribution in [0.5, 0.6) is 0 Å². The van der Waals surface area contributed by atoms with Gasteiger partial charge in [-0.3, -0.25) is 0 Å². The molecule has 1 nitrogen and oxygen atoms in total. The lowest BCUT2D eigenvalue weighted by Gasteiger charge is -2.21. The van der Waals surface area contributed by atoms with Gasteiger partial charge in [-0.2, -0.15) is 0 Å². The number of hydrogen-bond donors (Lipinski definition) is 1. The maximum Gasteiger partial charge on any atom is 0.0736 e. The van der Waals surface area contributed by atoms with Crippen molar-refractivity contribution in [2.45, 2.75) is 58.8 Å². The molecule has 2 heteroatoms. The van der Waals surface area contributed by atoms with Gasteiger partial charge in [0.2, 0.25) is 0 Å². The molecule has 0 aliphatic carbocycles. The zero-order valence-electron chi connectivity index (χ0n) is 9.97. The molecule has 0 aliphatic rings. The predicted octanol–water partition coefficient (Wildman–Crippen LogP) is 3.28. The quantitative estimate of drug-likeness (QED) is 0.583. The lowest BCUT2D eigenvalue weighted by Crippen LogP contribution is -2.28. The van der Waals surface area contributed by atoms with Crippen molar-refractivity contribution in [3.8, 4) is 0 Å². The first kappa shape index (κ1) is 13.6. The first-order valence-electron chi connectivity index (χ1n) is 5.74. The van der Waals surface area contributed by atoms with Crippen molar-refractivity contribution in [3.05, 3.63) is 12.3 Å². The fraction of sp³-hybridized carbons (Fsp3) is 0.833. The molecule has 0 spiro atoms. The van der Waals surface area contributed by atoms with Crippen LogP contribution in [0.15, 0.2) is 12.3 Å². The highest BCUT2D eigenvalue weighted by molar-refractivity contribution is 6.10. The van der Waals surface area contributed by atoms with Crippen molar-refractivity contribution in [2.24, 2.45) is 5.92 Å². The Morgan fingerprint density at radius 3 is 2.36 bits per heavy atom. The van der Waals surface area contributed by atoms with Gasteiger partial charge in [-0.25, -0.2) is 0 Å². The summed E-state index contributed by atoms with van der Waals surface area (Å²) in [6, 6.07) is 0.568. The van der Waals surface area contributed by atoms with Gasteiger partial charge in [0.05, 0.1) is 7.85 Å². The summed E-state index contributed by atoms with van der Waals surface area (Å²) in [7, 11) is 5.51. The second-order valence-electron chi connectivity index (χ2n) is 4.41. The summed E-state index contributed by atoms with van der Waals surface area (Å²) in [6.07, 6.45) is 5.47. The highest BCUT2D eigenvalue weighted by Crippen LogP contribution is 2.12. The molecule has 0 bridgehead atoms. The third kappa shape index (κ3) is 7.05. The van der Waals surface area contributed by atoms with Crippen LogP contribution >= 0.6 is 0 Å². The highest BCUT2D eigenvalue weighted by Gasteiger charge is 2.08. The molecule has 2 radical (unpaired) electrons. The van der Waals surface area contributed by atoms with E-state index in [1.54, 1.807) is 0 Å². The van der Waals surface area contributed by atoms with Gasteiger partial charge in [-0.05, 0) is 30.9 Å². The third-order valence-corrected chi connectivity index (χ3v) is 2.38. The van der Waals surface area contributed by atoms with Crippen molar-refractivity contribution >= 4 is 7.85 Å². The summed E-state index contributed by atoms with van der Waals surface area (Å²) in [5, 5.41) is 3.40. The van der Waals surface area contributed by atoms with Gasteiger partial charge in [-0.1, -0.05) is 40.1 Å². The van der Waals surface area contributed by atoms with Gasteiger partial charge in [0, 0.05) is 6.04 Å². The van der Waals surface area contributed by atoms with Gasteiger partial charge in [0.25, 0.3) is 0 Å². The molecule has 0 rings (SSSR count). The molecule has 0 heterocycles.